The maximum Gasteiger partial charge on any atom is 0.222 e. The van der Waals surface area contributed by atoms with Crippen LogP contribution in [0.4, 0.5) is 0 Å². The van der Waals surface area contributed by atoms with Crippen molar-refractivity contribution in [2.45, 2.75) is 39.2 Å². The van der Waals surface area contributed by atoms with Gasteiger partial charge in [0.2, 0.25) is 5.91 Å². The van der Waals surface area contributed by atoms with Gasteiger partial charge >= 0.3 is 0 Å². The lowest BCUT2D eigenvalue weighted by atomic mass is 10.1. The number of hydrogen-bond donors (Lipinski definition) is 0. The number of likely N-dealkylation sites (N-methyl/N-ethyl adjacent to an activating group) is 1. The first-order valence-electron chi connectivity index (χ1n) is 8.38. The molecule has 6 heteroatoms. The van der Waals surface area contributed by atoms with Gasteiger partial charge in [0, 0.05) is 37.5 Å². The molecule has 0 N–H and O–H groups in total. The second-order valence-corrected chi connectivity index (χ2v) is 7.46. The fourth-order valence-electron chi connectivity index (χ4n) is 3.33. The quantitative estimate of drug-likeness (QED) is 0.836. The van der Waals surface area contributed by atoms with E-state index in [4.69, 9.17) is 4.74 Å². The maximum atomic E-state index is 12.5. The zero-order chi connectivity index (χ0) is 17.3. The Bertz CT molecular complexity index is 735. The average molecular weight is 347 g/mol. The third-order valence-electron chi connectivity index (χ3n) is 4.89. The van der Waals surface area contributed by atoms with E-state index in [1.807, 2.05) is 25.7 Å². The van der Waals surface area contributed by atoms with Crippen LogP contribution in [0.2, 0.25) is 0 Å². The maximum absolute atomic E-state index is 12.5. The van der Waals surface area contributed by atoms with Crippen LogP contribution in [0.5, 0.6) is 0 Å². The molecule has 0 fully saturated rings. The third-order valence-corrected chi connectivity index (χ3v) is 5.88. The lowest BCUT2D eigenvalue weighted by molar-refractivity contribution is -0.131. The van der Waals surface area contributed by atoms with E-state index < -0.39 is 0 Å². The molecule has 1 aliphatic heterocycles. The van der Waals surface area contributed by atoms with Gasteiger partial charge in [0.15, 0.2) is 0 Å². The summed E-state index contributed by atoms with van der Waals surface area (Å²) < 4.78 is 7.77. The number of rotatable bonds is 5. The lowest BCUT2D eigenvalue weighted by Gasteiger charge is -2.28. The molecule has 0 aromatic carbocycles. The number of ether oxygens (including phenoxy) is 1. The van der Waals surface area contributed by atoms with Gasteiger partial charge in [-0.1, -0.05) is 0 Å². The minimum atomic E-state index is 0.0100. The van der Waals surface area contributed by atoms with Crippen LogP contribution in [-0.2, 0) is 29.4 Å². The molecule has 1 aliphatic rings. The summed E-state index contributed by atoms with van der Waals surface area (Å²) in [5.74, 6) is 0.156. The molecule has 24 heavy (non-hydrogen) atoms. The largest absolute Gasteiger partial charge is 0.371 e. The van der Waals surface area contributed by atoms with Gasteiger partial charge in [-0.15, -0.1) is 11.3 Å². The number of carbonyl (C=O) groups is 1. The summed E-state index contributed by atoms with van der Waals surface area (Å²) in [6.07, 6.45) is 2.24. The van der Waals surface area contributed by atoms with Crippen molar-refractivity contribution in [1.82, 2.24) is 14.7 Å². The van der Waals surface area contributed by atoms with E-state index in [1.165, 1.54) is 16.0 Å². The molecule has 0 saturated carbocycles. The first kappa shape index (κ1) is 17.2. The fourth-order valence-corrected chi connectivity index (χ4v) is 4.24. The molecular formula is C18H25N3O2S. The minimum absolute atomic E-state index is 0.0100. The number of carbonyl (C=O) groups excluding carboxylic acids is 1. The SMILES string of the molecule is Cc1nn(C)c(C)c1CCC(=O)N(C)C[C@@H]1OCCc2sccc21. The highest BCUT2D eigenvalue weighted by Gasteiger charge is 2.24. The smallest absolute Gasteiger partial charge is 0.222 e. The van der Waals surface area contributed by atoms with Gasteiger partial charge in [0.1, 0.15) is 6.10 Å². The Morgan fingerprint density at radius 2 is 2.29 bits per heavy atom. The van der Waals surface area contributed by atoms with E-state index in [0.717, 1.165) is 30.8 Å². The minimum Gasteiger partial charge on any atom is -0.371 e. The molecule has 2 aromatic heterocycles. The van der Waals surface area contributed by atoms with Gasteiger partial charge in [0.05, 0.1) is 18.8 Å². The van der Waals surface area contributed by atoms with Crippen LogP contribution in [0, 0.1) is 13.8 Å². The standard InChI is InChI=1S/C18H25N3O2S/c1-12-14(13(2)21(4)19-12)5-6-18(22)20(3)11-16-15-8-10-24-17(15)7-9-23-16/h8,10,16H,5-7,9,11H2,1-4H3/t16-/m0/s1. The lowest BCUT2D eigenvalue weighted by Crippen LogP contribution is -2.33. The summed E-state index contributed by atoms with van der Waals surface area (Å²) in [5, 5.41) is 6.53. The normalized spacial score (nSPS) is 16.9. The number of nitrogens with zero attached hydrogens (tertiary/aromatic N) is 3. The molecule has 0 saturated heterocycles. The molecule has 3 heterocycles. The molecule has 5 nitrogen and oxygen atoms in total. The summed E-state index contributed by atoms with van der Waals surface area (Å²) in [5.41, 5.74) is 4.60. The highest BCUT2D eigenvalue weighted by atomic mass is 32.1. The van der Waals surface area contributed by atoms with Crippen LogP contribution in [0.3, 0.4) is 0 Å². The monoisotopic (exact) mass is 347 g/mol. The van der Waals surface area contributed by atoms with E-state index in [9.17, 15) is 4.79 Å². The Labute approximate surface area is 147 Å². The Hall–Kier alpha value is -1.66. The fraction of sp³-hybridized carbons (Fsp3) is 0.556. The Morgan fingerprint density at radius 3 is 3.00 bits per heavy atom. The van der Waals surface area contributed by atoms with E-state index in [1.54, 1.807) is 16.2 Å². The van der Waals surface area contributed by atoms with Crippen LogP contribution in [-0.4, -0.2) is 40.8 Å². The van der Waals surface area contributed by atoms with Gasteiger partial charge in [0.25, 0.3) is 0 Å². The van der Waals surface area contributed by atoms with E-state index in [0.29, 0.717) is 13.0 Å². The summed E-state index contributed by atoms with van der Waals surface area (Å²) in [6, 6.07) is 2.13. The summed E-state index contributed by atoms with van der Waals surface area (Å²) in [4.78, 5) is 15.7. The van der Waals surface area contributed by atoms with Crippen LogP contribution < -0.4 is 0 Å². The van der Waals surface area contributed by atoms with Crippen molar-refractivity contribution >= 4 is 17.2 Å². The molecule has 0 bridgehead atoms. The van der Waals surface area contributed by atoms with Gasteiger partial charge in [-0.3, -0.25) is 9.48 Å². The van der Waals surface area contributed by atoms with Crippen molar-refractivity contribution in [3.8, 4) is 0 Å². The van der Waals surface area contributed by atoms with Crippen molar-refractivity contribution < 1.29 is 9.53 Å². The number of aryl methyl sites for hydroxylation is 2. The molecular weight excluding hydrogens is 322 g/mol. The zero-order valence-electron chi connectivity index (χ0n) is 14.8. The summed E-state index contributed by atoms with van der Waals surface area (Å²) in [7, 11) is 3.81. The van der Waals surface area contributed by atoms with Gasteiger partial charge in [-0.25, -0.2) is 0 Å². The molecule has 0 radical (unpaired) electrons. The van der Waals surface area contributed by atoms with E-state index in [-0.39, 0.29) is 12.0 Å². The Morgan fingerprint density at radius 1 is 1.50 bits per heavy atom. The summed E-state index contributed by atoms with van der Waals surface area (Å²) in [6.45, 7) is 5.42. The van der Waals surface area contributed by atoms with Crippen molar-refractivity contribution in [1.29, 1.82) is 0 Å². The number of aromatic nitrogens is 2. The van der Waals surface area contributed by atoms with E-state index >= 15 is 0 Å². The van der Waals surface area contributed by atoms with Gasteiger partial charge in [-0.05, 0) is 42.8 Å². The van der Waals surface area contributed by atoms with Crippen molar-refractivity contribution in [2.24, 2.45) is 7.05 Å². The van der Waals surface area contributed by atoms with Crippen LogP contribution >= 0.6 is 11.3 Å². The van der Waals surface area contributed by atoms with Crippen molar-refractivity contribution in [3.63, 3.8) is 0 Å². The van der Waals surface area contributed by atoms with Crippen molar-refractivity contribution in [3.05, 3.63) is 38.8 Å². The second-order valence-electron chi connectivity index (χ2n) is 6.46. The van der Waals surface area contributed by atoms with Gasteiger partial charge < -0.3 is 9.64 Å². The predicted molar refractivity (Wildman–Crippen MR) is 95.4 cm³/mol. The Kier molecular flexibility index (Phi) is 5.06. The van der Waals surface area contributed by atoms with Crippen LogP contribution in [0.25, 0.3) is 0 Å². The topological polar surface area (TPSA) is 47.4 Å². The molecule has 1 amide bonds. The van der Waals surface area contributed by atoms with E-state index in [2.05, 4.69) is 23.5 Å². The number of fused-ring (bicyclic) bond motifs is 1. The van der Waals surface area contributed by atoms with Gasteiger partial charge in [-0.2, -0.15) is 5.10 Å². The zero-order valence-corrected chi connectivity index (χ0v) is 15.7. The van der Waals surface area contributed by atoms with Crippen molar-refractivity contribution in [2.75, 3.05) is 20.2 Å². The molecule has 2 aromatic rings. The molecule has 0 unspecified atom stereocenters. The number of thiophene rings is 1. The highest BCUT2D eigenvalue weighted by Crippen LogP contribution is 2.31. The molecule has 1 atom stereocenters. The summed E-state index contributed by atoms with van der Waals surface area (Å²) >= 11 is 1.78. The molecule has 130 valence electrons. The predicted octanol–water partition coefficient (Wildman–Crippen LogP) is 2.80. The van der Waals surface area contributed by atoms with Crippen LogP contribution in [0.15, 0.2) is 11.4 Å². The Balaban J connectivity index is 1.58. The first-order chi connectivity index (χ1) is 11.5. The molecule has 0 spiro atoms. The molecule has 3 rings (SSSR count). The number of hydrogen-bond acceptors (Lipinski definition) is 4. The van der Waals surface area contributed by atoms with Crippen LogP contribution in [0.1, 0.15) is 39.9 Å². The average Bonchev–Trinajstić information content (AvgIpc) is 3.12. The highest BCUT2D eigenvalue weighted by molar-refractivity contribution is 7.10. The number of amides is 1. The first-order valence-corrected chi connectivity index (χ1v) is 9.26. The second kappa shape index (κ2) is 7.07. The molecule has 0 aliphatic carbocycles. The third kappa shape index (κ3) is 3.39.